The molecule has 0 saturated carbocycles. The van der Waals surface area contributed by atoms with Gasteiger partial charge in [-0.2, -0.15) is 0 Å². The van der Waals surface area contributed by atoms with Crippen molar-refractivity contribution in [1.82, 2.24) is 0 Å². The predicted octanol–water partition coefficient (Wildman–Crippen LogP) is 1.48. The summed E-state index contributed by atoms with van der Waals surface area (Å²) in [6.45, 7) is 5.03. The van der Waals surface area contributed by atoms with E-state index in [4.69, 9.17) is 13.6 Å². The fourth-order valence-electron chi connectivity index (χ4n) is 1.01. The molecule has 0 heterocycles. The summed E-state index contributed by atoms with van der Waals surface area (Å²) in [5.74, 6) is 0. The Kier molecular flexibility index (Phi) is 9.80. The molecule has 0 unspecified atom stereocenters. The fourth-order valence-corrected chi connectivity index (χ4v) is 2.30. The van der Waals surface area contributed by atoms with Crippen molar-refractivity contribution in [3.63, 3.8) is 0 Å². The molecule has 0 radical (unpaired) electrons. The largest absolute Gasteiger partial charge is 0.400 e. The molecular weight excluding hydrogens is 184 g/mol. The van der Waals surface area contributed by atoms with Gasteiger partial charge in [0.2, 0.25) is 0 Å². The number of hydrogen-bond donors (Lipinski definition) is 0. The van der Waals surface area contributed by atoms with Crippen LogP contribution in [0.15, 0.2) is 12.7 Å². The fraction of sp³-hybridized carbons (Fsp3) is 0.778. The van der Waals surface area contributed by atoms with E-state index in [1.807, 2.05) is 0 Å². The van der Waals surface area contributed by atoms with E-state index >= 15 is 0 Å². The van der Waals surface area contributed by atoms with E-state index in [-0.39, 0.29) is 0 Å². The molecule has 0 spiro atoms. The molecule has 0 aliphatic heterocycles. The zero-order chi connectivity index (χ0) is 9.94. The van der Waals surface area contributed by atoms with Crippen LogP contribution in [0.5, 0.6) is 0 Å². The number of ether oxygens (including phenoxy) is 1. The average Bonchev–Trinajstić information content (AvgIpc) is 2.17. The number of rotatable bonds is 9. The Bertz CT molecular complexity index is 115. The summed E-state index contributed by atoms with van der Waals surface area (Å²) in [5, 5.41) is 0. The van der Waals surface area contributed by atoms with Crippen molar-refractivity contribution in [1.29, 1.82) is 0 Å². The smallest absolute Gasteiger partial charge is 0.320 e. The molecule has 0 rings (SSSR count). The van der Waals surface area contributed by atoms with Gasteiger partial charge in [0, 0.05) is 20.8 Å². The summed E-state index contributed by atoms with van der Waals surface area (Å²) in [7, 11) is 2.11. The quantitative estimate of drug-likeness (QED) is 0.323. The molecule has 13 heavy (non-hydrogen) atoms. The summed E-state index contributed by atoms with van der Waals surface area (Å²) in [5.41, 5.74) is 0. The lowest BCUT2D eigenvalue weighted by molar-refractivity contribution is 0.158. The zero-order valence-corrected chi connectivity index (χ0v) is 9.78. The van der Waals surface area contributed by atoms with Gasteiger partial charge in [0.05, 0.1) is 6.61 Å². The minimum Gasteiger partial charge on any atom is -0.400 e. The van der Waals surface area contributed by atoms with Crippen LogP contribution in [0.4, 0.5) is 0 Å². The molecular formula is C9H20O3Si. The van der Waals surface area contributed by atoms with E-state index in [1.165, 1.54) is 0 Å². The van der Waals surface area contributed by atoms with Crippen molar-refractivity contribution in [3.05, 3.63) is 12.7 Å². The van der Waals surface area contributed by atoms with Crippen LogP contribution in [0.25, 0.3) is 0 Å². The van der Waals surface area contributed by atoms with Crippen molar-refractivity contribution in [2.45, 2.75) is 18.9 Å². The Balaban J connectivity index is 3.09. The van der Waals surface area contributed by atoms with Crippen LogP contribution in [0, 0.1) is 0 Å². The van der Waals surface area contributed by atoms with E-state index in [0.717, 1.165) is 25.5 Å². The third-order valence-corrected chi connectivity index (χ3v) is 3.67. The predicted molar refractivity (Wildman–Crippen MR) is 56.2 cm³/mol. The monoisotopic (exact) mass is 204 g/mol. The number of hydrogen-bond acceptors (Lipinski definition) is 3. The molecule has 0 fully saturated rings. The summed E-state index contributed by atoms with van der Waals surface area (Å²) in [6, 6.07) is 1.06. The van der Waals surface area contributed by atoms with Crippen LogP contribution in [-0.2, 0) is 13.6 Å². The van der Waals surface area contributed by atoms with Crippen molar-refractivity contribution in [2.24, 2.45) is 0 Å². The molecule has 3 nitrogen and oxygen atoms in total. The normalized spacial score (nSPS) is 10.7. The Labute approximate surface area is 82.5 Å². The summed E-state index contributed by atoms with van der Waals surface area (Å²) in [4.78, 5) is 0. The Morgan fingerprint density at radius 2 is 1.92 bits per heavy atom. The summed E-state index contributed by atoms with van der Waals surface area (Å²) >= 11 is 0. The van der Waals surface area contributed by atoms with Gasteiger partial charge in [-0.05, 0) is 18.9 Å². The van der Waals surface area contributed by atoms with Gasteiger partial charge in [-0.15, -0.1) is 6.58 Å². The third-order valence-electron chi connectivity index (χ3n) is 1.74. The minimum absolute atomic E-state index is 0.648. The van der Waals surface area contributed by atoms with Crippen LogP contribution in [0.2, 0.25) is 6.04 Å². The van der Waals surface area contributed by atoms with Crippen molar-refractivity contribution in [2.75, 3.05) is 27.4 Å². The second-order valence-corrected chi connectivity index (χ2v) is 5.14. The zero-order valence-electron chi connectivity index (χ0n) is 8.62. The molecule has 0 N–H and O–H groups in total. The first-order chi connectivity index (χ1) is 6.35. The lowest BCUT2D eigenvalue weighted by atomic mass is 10.4. The van der Waals surface area contributed by atoms with Crippen molar-refractivity contribution in [3.8, 4) is 0 Å². The van der Waals surface area contributed by atoms with Crippen LogP contribution in [0.1, 0.15) is 12.8 Å². The van der Waals surface area contributed by atoms with Crippen molar-refractivity contribution < 1.29 is 13.6 Å². The highest BCUT2D eigenvalue weighted by Crippen LogP contribution is 2.02. The van der Waals surface area contributed by atoms with E-state index < -0.39 is 9.28 Å². The maximum Gasteiger partial charge on any atom is 0.320 e. The van der Waals surface area contributed by atoms with E-state index in [9.17, 15) is 0 Å². The molecule has 0 bridgehead atoms. The highest BCUT2D eigenvalue weighted by Gasteiger charge is 2.07. The van der Waals surface area contributed by atoms with Crippen molar-refractivity contribution >= 4 is 9.28 Å². The molecule has 0 saturated heterocycles. The average molecular weight is 204 g/mol. The highest BCUT2D eigenvalue weighted by molar-refractivity contribution is 6.44. The van der Waals surface area contributed by atoms with E-state index in [0.29, 0.717) is 6.61 Å². The summed E-state index contributed by atoms with van der Waals surface area (Å²) in [6.07, 6.45) is 3.96. The maximum absolute atomic E-state index is 5.25. The first-order valence-corrected chi connectivity index (χ1v) is 6.35. The van der Waals surface area contributed by atoms with Gasteiger partial charge in [0.25, 0.3) is 0 Å². The van der Waals surface area contributed by atoms with Gasteiger partial charge in [0.1, 0.15) is 0 Å². The second-order valence-electron chi connectivity index (χ2n) is 2.76. The lowest BCUT2D eigenvalue weighted by Crippen LogP contribution is -2.18. The molecule has 0 aromatic heterocycles. The maximum atomic E-state index is 5.25. The third kappa shape index (κ3) is 8.17. The molecule has 78 valence electrons. The molecule has 0 aliphatic carbocycles. The first kappa shape index (κ1) is 12.8. The minimum atomic E-state index is -1.33. The highest BCUT2D eigenvalue weighted by atomic mass is 28.3. The Morgan fingerprint density at radius 3 is 2.46 bits per heavy atom. The molecule has 4 heteroatoms. The Hall–Kier alpha value is -0.163. The standard InChI is InChI=1S/C9H20O3Si/c1-4-7-12-8-5-6-9-13(10-2)11-3/h4,13H,1,5-9H2,2-3H3. The topological polar surface area (TPSA) is 27.7 Å². The van der Waals surface area contributed by atoms with Gasteiger partial charge in [-0.3, -0.25) is 0 Å². The summed E-state index contributed by atoms with van der Waals surface area (Å²) < 4.78 is 15.6. The first-order valence-electron chi connectivity index (χ1n) is 4.59. The van der Waals surface area contributed by atoms with Crippen LogP contribution in [-0.4, -0.2) is 36.7 Å². The van der Waals surface area contributed by atoms with Gasteiger partial charge >= 0.3 is 9.28 Å². The van der Waals surface area contributed by atoms with Crippen LogP contribution in [0.3, 0.4) is 0 Å². The molecule has 0 aromatic carbocycles. The van der Waals surface area contributed by atoms with Gasteiger partial charge < -0.3 is 13.6 Å². The van der Waals surface area contributed by atoms with E-state index in [2.05, 4.69) is 6.58 Å². The molecule has 0 aliphatic rings. The Morgan fingerprint density at radius 1 is 1.23 bits per heavy atom. The van der Waals surface area contributed by atoms with Gasteiger partial charge in [-0.1, -0.05) is 6.08 Å². The molecule has 0 amide bonds. The molecule has 0 aromatic rings. The SMILES string of the molecule is C=CCOCCCC[SiH](OC)OC. The van der Waals surface area contributed by atoms with Crippen LogP contribution >= 0.6 is 0 Å². The molecule has 0 atom stereocenters. The van der Waals surface area contributed by atoms with Gasteiger partial charge in [0.15, 0.2) is 0 Å². The van der Waals surface area contributed by atoms with Gasteiger partial charge in [-0.25, -0.2) is 0 Å². The van der Waals surface area contributed by atoms with Crippen LogP contribution < -0.4 is 0 Å². The lowest BCUT2D eigenvalue weighted by Gasteiger charge is -2.09. The van der Waals surface area contributed by atoms with E-state index in [1.54, 1.807) is 20.3 Å². The second kappa shape index (κ2) is 9.92. The number of unbranched alkanes of at least 4 members (excludes halogenated alkanes) is 1.